The van der Waals surface area contributed by atoms with Crippen LogP contribution in [0, 0.1) is 0 Å². The van der Waals surface area contributed by atoms with E-state index in [1.165, 1.54) is 22.2 Å². The predicted octanol–water partition coefficient (Wildman–Crippen LogP) is 3.09. The molecule has 0 bridgehead atoms. The van der Waals surface area contributed by atoms with Crippen LogP contribution in [0.3, 0.4) is 0 Å². The van der Waals surface area contributed by atoms with Crippen LogP contribution in [0.2, 0.25) is 0 Å². The molecule has 8 heteroatoms. The Morgan fingerprint density at radius 3 is 2.63 bits per heavy atom. The largest absolute Gasteiger partial charge is 0.493 e. The van der Waals surface area contributed by atoms with Gasteiger partial charge in [0.25, 0.3) is 5.56 Å². The number of benzene rings is 1. The molecule has 0 aliphatic heterocycles. The fraction of sp³-hybridized carbons (Fsp3) is 0.316. The van der Waals surface area contributed by atoms with Crippen molar-refractivity contribution < 1.29 is 19.0 Å². The van der Waals surface area contributed by atoms with E-state index in [0.29, 0.717) is 21.7 Å². The third-order valence-corrected chi connectivity index (χ3v) is 4.81. The monoisotopic (exact) mass is 388 g/mol. The van der Waals surface area contributed by atoms with Crippen molar-refractivity contribution in [1.82, 2.24) is 9.55 Å². The number of carbonyl (C=O) groups excluding carboxylic acids is 1. The van der Waals surface area contributed by atoms with Gasteiger partial charge in [-0.05, 0) is 31.5 Å². The SMILES string of the molecule is COc1ccc(-c2csc3ncn(CC(=O)OC(C)C)c(=O)c23)cc1OC. The normalized spacial score (nSPS) is 11.0. The topological polar surface area (TPSA) is 79.7 Å². The zero-order chi connectivity index (χ0) is 19.6. The zero-order valence-electron chi connectivity index (χ0n) is 15.5. The number of rotatable bonds is 6. The summed E-state index contributed by atoms with van der Waals surface area (Å²) >= 11 is 1.37. The van der Waals surface area contributed by atoms with Crippen LogP contribution in [0.5, 0.6) is 11.5 Å². The third-order valence-electron chi connectivity index (χ3n) is 3.92. The maximum atomic E-state index is 12.9. The summed E-state index contributed by atoms with van der Waals surface area (Å²) in [5, 5.41) is 2.34. The van der Waals surface area contributed by atoms with Gasteiger partial charge in [0.2, 0.25) is 0 Å². The first-order chi connectivity index (χ1) is 12.9. The minimum absolute atomic E-state index is 0.179. The summed E-state index contributed by atoms with van der Waals surface area (Å²) in [6, 6.07) is 5.45. The van der Waals surface area contributed by atoms with E-state index in [-0.39, 0.29) is 18.2 Å². The molecule has 0 saturated carbocycles. The molecule has 0 saturated heterocycles. The van der Waals surface area contributed by atoms with Crippen molar-refractivity contribution in [2.75, 3.05) is 14.2 Å². The van der Waals surface area contributed by atoms with Gasteiger partial charge >= 0.3 is 5.97 Å². The van der Waals surface area contributed by atoms with Gasteiger partial charge < -0.3 is 14.2 Å². The summed E-state index contributed by atoms with van der Waals surface area (Å²) in [5.74, 6) is 0.697. The van der Waals surface area contributed by atoms with E-state index < -0.39 is 5.97 Å². The van der Waals surface area contributed by atoms with Gasteiger partial charge in [-0.2, -0.15) is 0 Å². The molecule has 0 aliphatic carbocycles. The summed E-state index contributed by atoms with van der Waals surface area (Å²) in [4.78, 5) is 29.8. The average molecular weight is 388 g/mol. The molecule has 142 valence electrons. The van der Waals surface area contributed by atoms with Gasteiger partial charge in [0.1, 0.15) is 11.4 Å². The Morgan fingerprint density at radius 2 is 1.96 bits per heavy atom. The average Bonchev–Trinajstić information content (AvgIpc) is 3.07. The lowest BCUT2D eigenvalue weighted by molar-refractivity contribution is -0.148. The van der Waals surface area contributed by atoms with Crippen molar-refractivity contribution in [3.8, 4) is 22.6 Å². The predicted molar refractivity (Wildman–Crippen MR) is 104 cm³/mol. The van der Waals surface area contributed by atoms with Crippen LogP contribution in [0.1, 0.15) is 13.8 Å². The summed E-state index contributed by atoms with van der Waals surface area (Å²) in [7, 11) is 3.12. The first kappa shape index (κ1) is 18.9. The van der Waals surface area contributed by atoms with Crippen molar-refractivity contribution in [2.24, 2.45) is 0 Å². The standard InChI is InChI=1S/C19H20N2O5S/c1-11(2)26-16(22)8-21-10-20-18-17(19(21)23)13(9-27-18)12-5-6-14(24-3)15(7-12)25-4/h5-7,9-11H,8H2,1-4H3. The molecule has 1 aromatic carbocycles. The number of ether oxygens (including phenoxy) is 3. The highest BCUT2D eigenvalue weighted by molar-refractivity contribution is 7.17. The van der Waals surface area contributed by atoms with Gasteiger partial charge in [0.05, 0.1) is 32.0 Å². The Balaban J connectivity index is 2.07. The molecule has 0 unspecified atom stereocenters. The molecule has 3 aromatic rings. The summed E-state index contributed by atoms with van der Waals surface area (Å²) in [6.07, 6.45) is 1.13. The first-order valence-corrected chi connectivity index (χ1v) is 9.21. The number of aromatic nitrogens is 2. The van der Waals surface area contributed by atoms with Crippen LogP contribution in [0.4, 0.5) is 0 Å². The van der Waals surface area contributed by atoms with E-state index in [2.05, 4.69) is 4.98 Å². The molecule has 7 nitrogen and oxygen atoms in total. The van der Waals surface area contributed by atoms with Gasteiger partial charge in [-0.15, -0.1) is 11.3 Å². The number of methoxy groups -OCH3 is 2. The molecular weight excluding hydrogens is 368 g/mol. The molecule has 0 N–H and O–H groups in total. The van der Waals surface area contributed by atoms with Crippen LogP contribution in [0.25, 0.3) is 21.3 Å². The minimum atomic E-state index is -0.476. The smallest absolute Gasteiger partial charge is 0.326 e. The Bertz CT molecular complexity index is 1040. The highest BCUT2D eigenvalue weighted by atomic mass is 32.1. The van der Waals surface area contributed by atoms with Gasteiger partial charge in [-0.25, -0.2) is 4.98 Å². The van der Waals surface area contributed by atoms with Crippen LogP contribution in [-0.4, -0.2) is 35.8 Å². The maximum Gasteiger partial charge on any atom is 0.326 e. The minimum Gasteiger partial charge on any atom is -0.493 e. The van der Waals surface area contributed by atoms with Crippen LogP contribution in [-0.2, 0) is 16.1 Å². The number of carbonyl (C=O) groups is 1. The second kappa shape index (κ2) is 7.79. The van der Waals surface area contributed by atoms with Crippen molar-refractivity contribution in [1.29, 1.82) is 0 Å². The molecule has 0 fully saturated rings. The molecular formula is C19H20N2O5S. The van der Waals surface area contributed by atoms with Crippen molar-refractivity contribution in [3.63, 3.8) is 0 Å². The van der Waals surface area contributed by atoms with Gasteiger partial charge in [-0.3, -0.25) is 14.2 Å². The van der Waals surface area contributed by atoms with E-state index >= 15 is 0 Å². The third kappa shape index (κ3) is 3.80. The van der Waals surface area contributed by atoms with Crippen molar-refractivity contribution >= 4 is 27.5 Å². The lowest BCUT2D eigenvalue weighted by atomic mass is 10.1. The zero-order valence-corrected chi connectivity index (χ0v) is 16.3. The second-order valence-corrected chi connectivity index (χ2v) is 6.97. The number of esters is 1. The van der Waals surface area contributed by atoms with Gasteiger partial charge in [0, 0.05) is 10.9 Å². The highest BCUT2D eigenvalue weighted by Gasteiger charge is 2.17. The lowest BCUT2D eigenvalue weighted by Crippen LogP contribution is -2.26. The number of nitrogens with zero attached hydrogens (tertiary/aromatic N) is 2. The Morgan fingerprint density at radius 1 is 1.22 bits per heavy atom. The molecule has 0 atom stereocenters. The molecule has 3 rings (SSSR count). The second-order valence-electron chi connectivity index (χ2n) is 6.12. The van der Waals surface area contributed by atoms with E-state index in [1.54, 1.807) is 34.1 Å². The van der Waals surface area contributed by atoms with Crippen LogP contribution < -0.4 is 15.0 Å². The fourth-order valence-corrected chi connectivity index (χ4v) is 3.64. The maximum absolute atomic E-state index is 12.9. The number of thiophene rings is 1. The molecule has 2 aromatic heterocycles. The summed E-state index contributed by atoms with van der Waals surface area (Å²) < 4.78 is 17.0. The quantitative estimate of drug-likeness (QED) is 0.604. The first-order valence-electron chi connectivity index (χ1n) is 8.33. The molecule has 27 heavy (non-hydrogen) atoms. The van der Waals surface area contributed by atoms with Crippen LogP contribution >= 0.6 is 11.3 Å². The lowest BCUT2D eigenvalue weighted by Gasteiger charge is -2.10. The van der Waals surface area contributed by atoms with Gasteiger partial charge in [0.15, 0.2) is 11.5 Å². The number of hydrogen-bond donors (Lipinski definition) is 0. The van der Waals surface area contributed by atoms with Gasteiger partial charge in [-0.1, -0.05) is 6.07 Å². The summed E-state index contributed by atoms with van der Waals surface area (Å²) in [6.45, 7) is 3.34. The highest BCUT2D eigenvalue weighted by Crippen LogP contribution is 2.36. The number of hydrogen-bond acceptors (Lipinski definition) is 7. The molecule has 0 amide bonds. The van der Waals surface area contributed by atoms with E-state index in [0.717, 1.165) is 11.1 Å². The molecule has 2 heterocycles. The number of fused-ring (bicyclic) bond motifs is 1. The molecule has 0 aliphatic rings. The van der Waals surface area contributed by atoms with Crippen molar-refractivity contribution in [3.05, 3.63) is 40.3 Å². The Labute approximate surface area is 160 Å². The molecule has 0 radical (unpaired) electrons. The van der Waals surface area contributed by atoms with E-state index in [1.807, 2.05) is 17.5 Å². The van der Waals surface area contributed by atoms with Crippen LogP contribution in [0.15, 0.2) is 34.7 Å². The Kier molecular flexibility index (Phi) is 5.46. The van der Waals surface area contributed by atoms with E-state index in [4.69, 9.17) is 14.2 Å². The molecule has 0 spiro atoms. The van der Waals surface area contributed by atoms with Crippen molar-refractivity contribution in [2.45, 2.75) is 26.5 Å². The van der Waals surface area contributed by atoms with E-state index in [9.17, 15) is 9.59 Å². The fourth-order valence-electron chi connectivity index (χ4n) is 2.74. The Hall–Kier alpha value is -2.87. The summed E-state index contributed by atoms with van der Waals surface area (Å²) in [5.41, 5.74) is 1.26.